The summed E-state index contributed by atoms with van der Waals surface area (Å²) in [7, 11) is 0. The first-order valence-corrected chi connectivity index (χ1v) is 6.67. The Kier molecular flexibility index (Phi) is 3.27. The van der Waals surface area contributed by atoms with E-state index in [-0.39, 0.29) is 28.6 Å². The number of nitrogen functional groups attached to an aromatic ring is 1. The van der Waals surface area contributed by atoms with Crippen LogP contribution in [0.2, 0.25) is 0 Å². The minimum absolute atomic E-state index is 0.00376. The molecule has 4 nitrogen and oxygen atoms in total. The maximum Gasteiger partial charge on any atom is 0.238 e. The SMILES string of the molecule is CC(C)c1cc(F)c(-c2cc(F)c3cnc(N)nn23)c(F)c1. The molecule has 0 spiro atoms. The van der Waals surface area contributed by atoms with Gasteiger partial charge in [0, 0.05) is 6.07 Å². The number of benzene rings is 1. The van der Waals surface area contributed by atoms with E-state index in [2.05, 4.69) is 10.1 Å². The molecule has 1 aromatic carbocycles. The molecule has 3 rings (SSSR count). The van der Waals surface area contributed by atoms with E-state index in [0.717, 1.165) is 10.6 Å². The number of aromatic nitrogens is 3. The number of nitrogens with zero attached hydrogens (tertiary/aromatic N) is 3. The van der Waals surface area contributed by atoms with Crippen molar-refractivity contribution >= 4 is 11.5 Å². The van der Waals surface area contributed by atoms with Crippen molar-refractivity contribution in [2.45, 2.75) is 19.8 Å². The molecule has 0 unspecified atom stereocenters. The number of fused-ring (bicyclic) bond motifs is 1. The summed E-state index contributed by atoms with van der Waals surface area (Å²) in [6, 6.07) is 3.50. The highest BCUT2D eigenvalue weighted by molar-refractivity contribution is 5.68. The molecule has 114 valence electrons. The standard InChI is InChI=1S/C15H13F3N4/c1-7(2)8-3-10(17)14(11(18)4-8)12-5-9(16)13-6-20-15(19)21-22(12)13/h3-7H,1-2H3,(H2,19,21). The minimum atomic E-state index is -0.778. The monoisotopic (exact) mass is 306 g/mol. The van der Waals surface area contributed by atoms with Crippen molar-refractivity contribution in [3.05, 3.63) is 47.4 Å². The quantitative estimate of drug-likeness (QED) is 0.788. The Morgan fingerprint density at radius 3 is 2.27 bits per heavy atom. The molecule has 0 saturated carbocycles. The minimum Gasteiger partial charge on any atom is -0.367 e. The first-order valence-electron chi connectivity index (χ1n) is 6.67. The summed E-state index contributed by atoms with van der Waals surface area (Å²) in [5.74, 6) is -2.39. The maximum atomic E-state index is 14.3. The van der Waals surface area contributed by atoms with Crippen LogP contribution in [0.25, 0.3) is 16.8 Å². The zero-order valence-corrected chi connectivity index (χ0v) is 11.9. The predicted molar refractivity (Wildman–Crippen MR) is 76.8 cm³/mol. The van der Waals surface area contributed by atoms with Crippen LogP contribution < -0.4 is 5.73 Å². The van der Waals surface area contributed by atoms with E-state index in [9.17, 15) is 13.2 Å². The maximum absolute atomic E-state index is 14.3. The van der Waals surface area contributed by atoms with E-state index in [1.54, 1.807) is 0 Å². The van der Waals surface area contributed by atoms with Crippen LogP contribution >= 0.6 is 0 Å². The third-order valence-electron chi connectivity index (χ3n) is 3.47. The van der Waals surface area contributed by atoms with Gasteiger partial charge in [0.1, 0.15) is 17.2 Å². The number of nitrogens with two attached hydrogens (primary N) is 1. The lowest BCUT2D eigenvalue weighted by atomic mass is 9.99. The fourth-order valence-electron chi connectivity index (χ4n) is 2.31. The Morgan fingerprint density at radius 1 is 1.05 bits per heavy atom. The molecule has 0 radical (unpaired) electrons. The fraction of sp³-hybridized carbons (Fsp3) is 0.200. The summed E-state index contributed by atoms with van der Waals surface area (Å²) in [6.45, 7) is 3.66. The molecule has 2 aromatic heterocycles. The second-order valence-electron chi connectivity index (χ2n) is 5.31. The average molecular weight is 306 g/mol. The van der Waals surface area contributed by atoms with Gasteiger partial charge in [0.2, 0.25) is 5.95 Å². The van der Waals surface area contributed by atoms with E-state index in [1.807, 2.05) is 13.8 Å². The third-order valence-corrected chi connectivity index (χ3v) is 3.47. The van der Waals surface area contributed by atoms with Gasteiger partial charge >= 0.3 is 0 Å². The third kappa shape index (κ3) is 2.18. The molecule has 0 amide bonds. The topological polar surface area (TPSA) is 56.2 Å². The van der Waals surface area contributed by atoms with Crippen molar-refractivity contribution in [3.8, 4) is 11.3 Å². The molecule has 0 atom stereocenters. The Hall–Kier alpha value is -2.57. The number of anilines is 1. The molecule has 2 heterocycles. The van der Waals surface area contributed by atoms with Gasteiger partial charge in [0.05, 0.1) is 17.5 Å². The molecular formula is C15H13F3N4. The van der Waals surface area contributed by atoms with Gasteiger partial charge in [-0.25, -0.2) is 22.7 Å². The molecule has 0 saturated heterocycles. The highest BCUT2D eigenvalue weighted by Gasteiger charge is 2.20. The summed E-state index contributed by atoms with van der Waals surface area (Å²) >= 11 is 0. The molecule has 3 aromatic rings. The highest BCUT2D eigenvalue weighted by atomic mass is 19.1. The molecule has 0 aliphatic rings. The summed E-state index contributed by atoms with van der Waals surface area (Å²) in [4.78, 5) is 3.68. The molecule has 0 aliphatic carbocycles. The van der Waals surface area contributed by atoms with Crippen LogP contribution in [0.1, 0.15) is 25.3 Å². The van der Waals surface area contributed by atoms with E-state index in [0.29, 0.717) is 5.56 Å². The zero-order chi connectivity index (χ0) is 16.0. The van der Waals surface area contributed by atoms with Gasteiger partial charge in [-0.1, -0.05) is 13.8 Å². The van der Waals surface area contributed by atoms with Crippen molar-refractivity contribution in [2.24, 2.45) is 0 Å². The first kappa shape index (κ1) is 14.4. The molecule has 0 fully saturated rings. The Morgan fingerprint density at radius 2 is 1.68 bits per heavy atom. The fourth-order valence-corrected chi connectivity index (χ4v) is 2.31. The van der Waals surface area contributed by atoms with Crippen molar-refractivity contribution in [3.63, 3.8) is 0 Å². The number of hydrogen-bond acceptors (Lipinski definition) is 3. The smallest absolute Gasteiger partial charge is 0.238 e. The van der Waals surface area contributed by atoms with Crippen LogP contribution in [-0.4, -0.2) is 14.6 Å². The molecule has 0 bridgehead atoms. The van der Waals surface area contributed by atoms with Crippen LogP contribution in [0.15, 0.2) is 24.4 Å². The number of rotatable bonds is 2. The second-order valence-corrected chi connectivity index (χ2v) is 5.31. The number of hydrogen-bond donors (Lipinski definition) is 1. The summed E-state index contributed by atoms with van der Waals surface area (Å²) < 4.78 is 43.6. The van der Waals surface area contributed by atoms with Crippen LogP contribution in [0.3, 0.4) is 0 Å². The van der Waals surface area contributed by atoms with Gasteiger partial charge in [0.15, 0.2) is 5.82 Å². The second kappa shape index (κ2) is 5.01. The molecule has 22 heavy (non-hydrogen) atoms. The predicted octanol–water partition coefficient (Wildman–Crippen LogP) is 3.52. The Labute approximate surface area is 124 Å². The van der Waals surface area contributed by atoms with Crippen LogP contribution in [-0.2, 0) is 0 Å². The zero-order valence-electron chi connectivity index (χ0n) is 11.9. The lowest BCUT2D eigenvalue weighted by Crippen LogP contribution is -2.04. The van der Waals surface area contributed by atoms with E-state index in [4.69, 9.17) is 5.73 Å². The average Bonchev–Trinajstić information content (AvgIpc) is 2.74. The summed E-state index contributed by atoms with van der Waals surface area (Å²) in [5, 5.41) is 3.82. The lowest BCUT2D eigenvalue weighted by molar-refractivity contribution is 0.581. The van der Waals surface area contributed by atoms with E-state index < -0.39 is 17.5 Å². The van der Waals surface area contributed by atoms with Crippen LogP contribution in [0.4, 0.5) is 19.1 Å². The van der Waals surface area contributed by atoms with Gasteiger partial charge < -0.3 is 5.73 Å². The van der Waals surface area contributed by atoms with Gasteiger partial charge in [-0.05, 0) is 23.6 Å². The van der Waals surface area contributed by atoms with Crippen molar-refractivity contribution in [2.75, 3.05) is 5.73 Å². The molecular weight excluding hydrogens is 293 g/mol. The normalized spacial score (nSPS) is 11.5. The van der Waals surface area contributed by atoms with E-state index >= 15 is 0 Å². The van der Waals surface area contributed by atoms with Gasteiger partial charge in [-0.15, -0.1) is 5.10 Å². The number of halogens is 3. The van der Waals surface area contributed by atoms with Crippen LogP contribution in [0, 0.1) is 17.5 Å². The van der Waals surface area contributed by atoms with Gasteiger partial charge in [0.25, 0.3) is 0 Å². The largest absolute Gasteiger partial charge is 0.367 e. The molecule has 0 aliphatic heterocycles. The molecule has 2 N–H and O–H groups in total. The summed E-state index contributed by atoms with van der Waals surface area (Å²) in [6.07, 6.45) is 1.17. The highest BCUT2D eigenvalue weighted by Crippen LogP contribution is 2.31. The van der Waals surface area contributed by atoms with Crippen molar-refractivity contribution in [1.29, 1.82) is 0 Å². The van der Waals surface area contributed by atoms with Crippen molar-refractivity contribution in [1.82, 2.24) is 14.6 Å². The molecule has 7 heteroatoms. The van der Waals surface area contributed by atoms with Crippen LogP contribution in [0.5, 0.6) is 0 Å². The summed E-state index contributed by atoms with van der Waals surface area (Å²) in [5.41, 5.74) is 5.59. The van der Waals surface area contributed by atoms with Gasteiger partial charge in [-0.2, -0.15) is 0 Å². The van der Waals surface area contributed by atoms with Gasteiger partial charge in [-0.3, -0.25) is 0 Å². The lowest BCUT2D eigenvalue weighted by Gasteiger charge is -2.10. The van der Waals surface area contributed by atoms with E-state index in [1.165, 1.54) is 18.3 Å². The van der Waals surface area contributed by atoms with Crippen molar-refractivity contribution < 1.29 is 13.2 Å². The Bertz CT molecular complexity index is 848. The Balaban J connectivity index is 2.30. The first-order chi connectivity index (χ1) is 10.4.